The van der Waals surface area contributed by atoms with Gasteiger partial charge < -0.3 is 19.1 Å². The third-order valence-corrected chi connectivity index (χ3v) is 4.61. The lowest BCUT2D eigenvalue weighted by atomic mass is 9.91. The van der Waals surface area contributed by atoms with Gasteiger partial charge in [0.15, 0.2) is 11.5 Å². The number of methoxy groups -OCH3 is 3. The van der Waals surface area contributed by atoms with Crippen molar-refractivity contribution in [2.45, 2.75) is 26.3 Å². The summed E-state index contributed by atoms with van der Waals surface area (Å²) in [4.78, 5) is 14.9. The highest BCUT2D eigenvalue weighted by molar-refractivity contribution is 5.94. The fourth-order valence-electron chi connectivity index (χ4n) is 3.36. The lowest BCUT2D eigenvalue weighted by Crippen LogP contribution is -2.42. The van der Waals surface area contributed by atoms with Crippen molar-refractivity contribution in [3.8, 4) is 11.5 Å². The molecule has 5 heteroatoms. The van der Waals surface area contributed by atoms with Gasteiger partial charge in [0.2, 0.25) is 0 Å². The normalized spacial score (nSPS) is 15.3. The number of fused-ring (bicyclic) bond motifs is 1. The zero-order chi connectivity index (χ0) is 19.8. The minimum atomic E-state index is -0.152. The Labute approximate surface area is 161 Å². The Morgan fingerprint density at radius 3 is 2.26 bits per heavy atom. The van der Waals surface area contributed by atoms with Gasteiger partial charge in [-0.2, -0.15) is 0 Å². The summed E-state index contributed by atoms with van der Waals surface area (Å²) < 4.78 is 16.3. The molecule has 1 heterocycles. The van der Waals surface area contributed by atoms with Gasteiger partial charge in [0.25, 0.3) is 5.91 Å². The number of nitrogens with zero attached hydrogens (tertiary/aromatic N) is 1. The summed E-state index contributed by atoms with van der Waals surface area (Å²) in [6.45, 7) is 5.07. The maximum Gasteiger partial charge on any atom is 0.254 e. The first-order valence-corrected chi connectivity index (χ1v) is 9.29. The van der Waals surface area contributed by atoms with E-state index in [-0.39, 0.29) is 11.9 Å². The topological polar surface area (TPSA) is 48.0 Å². The fraction of sp³-hybridized carbons (Fsp3) is 0.409. The second kappa shape index (κ2) is 9.97. The van der Waals surface area contributed by atoms with Crippen LogP contribution in [0.3, 0.4) is 0 Å². The Kier molecular flexibility index (Phi) is 7.67. The zero-order valence-corrected chi connectivity index (χ0v) is 16.8. The van der Waals surface area contributed by atoms with E-state index in [9.17, 15) is 4.79 Å². The summed E-state index contributed by atoms with van der Waals surface area (Å²) in [5, 5.41) is 0. The molecule has 2 aromatic rings. The maximum absolute atomic E-state index is 13.0. The number of hydrogen-bond donors (Lipinski definition) is 0. The molecule has 2 aromatic carbocycles. The SMILES string of the molecule is CC.COCC1c2cc(OC)c(OC)cc2CCN1C(=O)c1ccccc1. The quantitative estimate of drug-likeness (QED) is 0.793. The van der Waals surface area contributed by atoms with Gasteiger partial charge in [0, 0.05) is 19.2 Å². The average molecular weight is 371 g/mol. The number of hydrogen-bond acceptors (Lipinski definition) is 4. The van der Waals surface area contributed by atoms with Crippen molar-refractivity contribution in [1.82, 2.24) is 4.90 Å². The number of ether oxygens (including phenoxy) is 3. The molecule has 1 atom stereocenters. The van der Waals surface area contributed by atoms with Gasteiger partial charge >= 0.3 is 0 Å². The van der Waals surface area contributed by atoms with Crippen LogP contribution in [0.15, 0.2) is 42.5 Å². The van der Waals surface area contributed by atoms with E-state index in [4.69, 9.17) is 14.2 Å². The summed E-state index contributed by atoms with van der Waals surface area (Å²) >= 11 is 0. The highest BCUT2D eigenvalue weighted by Crippen LogP contribution is 2.38. The highest BCUT2D eigenvalue weighted by Gasteiger charge is 2.32. The van der Waals surface area contributed by atoms with Crippen molar-refractivity contribution in [3.05, 3.63) is 59.2 Å². The van der Waals surface area contributed by atoms with Crippen LogP contribution in [0.4, 0.5) is 0 Å². The van der Waals surface area contributed by atoms with E-state index in [0.29, 0.717) is 30.2 Å². The minimum absolute atomic E-state index is 0.0167. The average Bonchev–Trinajstić information content (AvgIpc) is 2.74. The molecule has 0 saturated heterocycles. The van der Waals surface area contributed by atoms with Gasteiger partial charge in [0.1, 0.15) is 0 Å². The van der Waals surface area contributed by atoms with Crippen LogP contribution < -0.4 is 9.47 Å². The Bertz CT molecular complexity index is 745. The highest BCUT2D eigenvalue weighted by atomic mass is 16.5. The van der Waals surface area contributed by atoms with E-state index in [0.717, 1.165) is 17.5 Å². The Hall–Kier alpha value is -2.53. The van der Waals surface area contributed by atoms with Gasteiger partial charge in [-0.3, -0.25) is 4.79 Å². The van der Waals surface area contributed by atoms with E-state index in [2.05, 4.69) is 0 Å². The van der Waals surface area contributed by atoms with Crippen molar-refractivity contribution in [2.24, 2.45) is 0 Å². The van der Waals surface area contributed by atoms with Crippen LogP contribution in [0.25, 0.3) is 0 Å². The summed E-state index contributed by atoms with van der Waals surface area (Å²) in [6, 6.07) is 13.2. The van der Waals surface area contributed by atoms with Crippen LogP contribution in [0.2, 0.25) is 0 Å². The molecule has 5 nitrogen and oxygen atoms in total. The largest absolute Gasteiger partial charge is 0.493 e. The monoisotopic (exact) mass is 371 g/mol. The van der Waals surface area contributed by atoms with E-state index in [1.54, 1.807) is 21.3 Å². The van der Waals surface area contributed by atoms with Gasteiger partial charge in [-0.25, -0.2) is 0 Å². The maximum atomic E-state index is 13.0. The van der Waals surface area contributed by atoms with Crippen LogP contribution in [0.1, 0.15) is 41.4 Å². The molecule has 0 fully saturated rings. The van der Waals surface area contributed by atoms with E-state index >= 15 is 0 Å². The van der Waals surface area contributed by atoms with E-state index in [1.165, 1.54) is 0 Å². The molecular formula is C22H29NO4. The number of rotatable bonds is 5. The van der Waals surface area contributed by atoms with Crippen LogP contribution >= 0.6 is 0 Å². The molecule has 0 N–H and O–H groups in total. The third-order valence-electron chi connectivity index (χ3n) is 4.61. The smallest absolute Gasteiger partial charge is 0.254 e. The molecule has 1 amide bonds. The minimum Gasteiger partial charge on any atom is -0.493 e. The molecule has 1 aliphatic rings. The van der Waals surface area contributed by atoms with Crippen molar-refractivity contribution in [2.75, 3.05) is 34.5 Å². The summed E-state index contributed by atoms with van der Waals surface area (Å²) in [6.07, 6.45) is 0.772. The Morgan fingerprint density at radius 1 is 1.04 bits per heavy atom. The van der Waals surface area contributed by atoms with E-state index < -0.39 is 0 Å². The molecule has 0 bridgehead atoms. The molecule has 0 aliphatic carbocycles. The number of benzene rings is 2. The Balaban J connectivity index is 0.00000126. The molecule has 27 heavy (non-hydrogen) atoms. The first-order valence-electron chi connectivity index (χ1n) is 9.29. The molecule has 146 valence electrons. The van der Waals surface area contributed by atoms with Crippen molar-refractivity contribution in [3.63, 3.8) is 0 Å². The lowest BCUT2D eigenvalue weighted by molar-refractivity contribution is 0.0501. The molecular weight excluding hydrogens is 342 g/mol. The fourth-order valence-corrected chi connectivity index (χ4v) is 3.36. The molecule has 0 spiro atoms. The molecule has 1 aliphatic heterocycles. The zero-order valence-electron chi connectivity index (χ0n) is 16.8. The second-order valence-corrected chi connectivity index (χ2v) is 5.99. The van der Waals surface area contributed by atoms with Crippen LogP contribution in [-0.2, 0) is 11.2 Å². The van der Waals surface area contributed by atoms with E-state index in [1.807, 2.05) is 61.2 Å². The van der Waals surface area contributed by atoms with Crippen LogP contribution in [0, 0.1) is 0 Å². The summed E-state index contributed by atoms with van der Waals surface area (Å²) in [5.41, 5.74) is 2.90. The van der Waals surface area contributed by atoms with Gasteiger partial charge in [0.05, 0.1) is 26.9 Å². The summed E-state index contributed by atoms with van der Waals surface area (Å²) in [7, 11) is 4.90. The standard InChI is InChI=1S/C20H23NO4.C2H6/c1-23-13-17-16-12-19(25-3)18(24-2)11-15(16)9-10-21(17)20(22)14-7-5-4-6-8-14;1-2/h4-8,11-12,17H,9-10,13H2,1-3H3;1-2H3. The molecule has 0 aromatic heterocycles. The molecule has 0 saturated carbocycles. The van der Waals surface area contributed by atoms with Crippen LogP contribution in [0.5, 0.6) is 11.5 Å². The van der Waals surface area contributed by atoms with Gasteiger partial charge in [-0.05, 0) is 41.8 Å². The summed E-state index contributed by atoms with van der Waals surface area (Å²) in [5.74, 6) is 1.39. The predicted molar refractivity (Wildman–Crippen MR) is 107 cm³/mol. The van der Waals surface area contributed by atoms with Crippen molar-refractivity contribution >= 4 is 5.91 Å². The van der Waals surface area contributed by atoms with Gasteiger partial charge in [-0.1, -0.05) is 32.0 Å². The first-order chi connectivity index (χ1) is 13.2. The van der Waals surface area contributed by atoms with Gasteiger partial charge in [-0.15, -0.1) is 0 Å². The van der Waals surface area contributed by atoms with Crippen molar-refractivity contribution in [1.29, 1.82) is 0 Å². The lowest BCUT2D eigenvalue weighted by Gasteiger charge is -2.37. The molecule has 3 rings (SSSR count). The molecule has 1 unspecified atom stereocenters. The van der Waals surface area contributed by atoms with Crippen LogP contribution in [-0.4, -0.2) is 45.3 Å². The predicted octanol–water partition coefficient (Wildman–Crippen LogP) is 4.12. The Morgan fingerprint density at radius 2 is 1.67 bits per heavy atom. The molecule has 0 radical (unpaired) electrons. The number of carbonyl (C=O) groups excluding carboxylic acids is 1. The number of amides is 1. The second-order valence-electron chi connectivity index (χ2n) is 5.99. The first kappa shape index (κ1) is 20.8. The third kappa shape index (κ3) is 4.42. The van der Waals surface area contributed by atoms with Crippen molar-refractivity contribution < 1.29 is 19.0 Å². The number of carbonyl (C=O) groups is 1.